The molecule has 1 aromatic carbocycles. The van der Waals surface area contributed by atoms with Crippen LogP contribution in [0.1, 0.15) is 16.9 Å². The summed E-state index contributed by atoms with van der Waals surface area (Å²) in [5.41, 5.74) is 0.740. The first kappa shape index (κ1) is 21.5. The Morgan fingerprint density at radius 3 is 3.00 bits per heavy atom. The number of benzene rings is 1. The van der Waals surface area contributed by atoms with Gasteiger partial charge in [0.2, 0.25) is 5.91 Å². The highest BCUT2D eigenvalue weighted by Crippen LogP contribution is 2.35. The molecule has 0 bridgehead atoms. The Morgan fingerprint density at radius 1 is 1.45 bits per heavy atom. The highest BCUT2D eigenvalue weighted by atomic mass is 35.5. The number of nitro benzene ring substituents is 1. The number of aromatic nitrogens is 2. The second-order valence-corrected chi connectivity index (χ2v) is 9.35. The number of anilines is 1. The number of rotatable bonds is 7. The van der Waals surface area contributed by atoms with Gasteiger partial charge in [-0.25, -0.2) is 4.98 Å². The Hall–Kier alpha value is -2.69. The summed E-state index contributed by atoms with van der Waals surface area (Å²) in [7, 11) is 0. The summed E-state index contributed by atoms with van der Waals surface area (Å²) in [6.45, 7) is 3.99. The van der Waals surface area contributed by atoms with Crippen molar-refractivity contribution in [3.05, 3.63) is 66.8 Å². The van der Waals surface area contributed by atoms with Gasteiger partial charge in [0, 0.05) is 22.5 Å². The molecule has 1 aliphatic carbocycles. The molecule has 1 aliphatic rings. The molecule has 4 rings (SSSR count). The first-order valence-corrected chi connectivity index (χ1v) is 11.6. The van der Waals surface area contributed by atoms with E-state index in [1.165, 1.54) is 39.0 Å². The number of hydrogen-bond donors (Lipinski definition) is 1. The Bertz CT molecular complexity index is 1280. The number of thiophene rings is 1. The molecule has 2 heterocycles. The number of halogens is 1. The molecule has 0 spiro atoms. The van der Waals surface area contributed by atoms with E-state index in [9.17, 15) is 19.7 Å². The quantitative estimate of drug-likeness (QED) is 0.178. The van der Waals surface area contributed by atoms with Crippen LogP contribution in [0.15, 0.2) is 40.8 Å². The predicted octanol–water partition coefficient (Wildman–Crippen LogP) is 4.43. The molecule has 0 saturated heterocycles. The molecule has 0 fully saturated rings. The molecule has 160 valence electrons. The lowest BCUT2D eigenvalue weighted by atomic mass is 10.2. The van der Waals surface area contributed by atoms with E-state index >= 15 is 0 Å². The maximum absolute atomic E-state index is 13.1. The minimum absolute atomic E-state index is 0.0570. The average molecular weight is 477 g/mol. The molecule has 3 aromatic rings. The summed E-state index contributed by atoms with van der Waals surface area (Å²) in [5, 5.41) is 15.0. The lowest BCUT2D eigenvalue weighted by Gasteiger charge is -2.11. The van der Waals surface area contributed by atoms with E-state index in [0.717, 1.165) is 36.6 Å². The van der Waals surface area contributed by atoms with E-state index < -0.39 is 10.8 Å². The van der Waals surface area contributed by atoms with Gasteiger partial charge in [0.25, 0.3) is 11.2 Å². The molecule has 0 radical (unpaired) electrons. The predicted molar refractivity (Wildman–Crippen MR) is 124 cm³/mol. The van der Waals surface area contributed by atoms with Crippen LogP contribution in [-0.4, -0.2) is 26.1 Å². The maximum Gasteiger partial charge on any atom is 0.294 e. The van der Waals surface area contributed by atoms with Gasteiger partial charge >= 0.3 is 0 Å². The van der Waals surface area contributed by atoms with Gasteiger partial charge in [0.1, 0.15) is 10.5 Å². The first-order valence-electron chi connectivity index (χ1n) is 9.41. The molecule has 11 heteroatoms. The molecule has 31 heavy (non-hydrogen) atoms. The van der Waals surface area contributed by atoms with Gasteiger partial charge in [-0.1, -0.05) is 29.4 Å². The second-order valence-electron chi connectivity index (χ2n) is 6.89. The van der Waals surface area contributed by atoms with Crippen molar-refractivity contribution in [2.45, 2.75) is 31.0 Å². The molecule has 0 aliphatic heterocycles. The number of carbonyl (C=O) groups excluding carboxylic acids is 1. The van der Waals surface area contributed by atoms with Crippen molar-refractivity contribution in [3.8, 4) is 0 Å². The number of fused-ring (bicyclic) bond motifs is 3. The van der Waals surface area contributed by atoms with Crippen LogP contribution in [0.4, 0.5) is 11.4 Å². The number of nitrogens with one attached hydrogen (secondary N) is 1. The van der Waals surface area contributed by atoms with E-state index in [2.05, 4.69) is 16.9 Å². The van der Waals surface area contributed by atoms with Gasteiger partial charge in [0.15, 0.2) is 5.16 Å². The Kier molecular flexibility index (Phi) is 6.12. The van der Waals surface area contributed by atoms with E-state index in [4.69, 9.17) is 11.6 Å². The minimum Gasteiger partial charge on any atom is -0.320 e. The minimum atomic E-state index is -0.609. The Morgan fingerprint density at radius 2 is 2.26 bits per heavy atom. The summed E-state index contributed by atoms with van der Waals surface area (Å²) in [6.07, 6.45) is 4.51. The summed E-state index contributed by atoms with van der Waals surface area (Å²) in [4.78, 5) is 42.7. The molecule has 0 saturated carbocycles. The van der Waals surface area contributed by atoms with Crippen molar-refractivity contribution in [1.82, 2.24) is 9.55 Å². The van der Waals surface area contributed by atoms with Crippen molar-refractivity contribution < 1.29 is 9.72 Å². The van der Waals surface area contributed by atoms with Crippen LogP contribution in [0.5, 0.6) is 0 Å². The Balaban J connectivity index is 1.58. The fraction of sp³-hybridized carbons (Fsp3) is 0.250. The lowest BCUT2D eigenvalue weighted by Crippen LogP contribution is -2.24. The number of nitrogens with zero attached hydrogens (tertiary/aromatic N) is 3. The van der Waals surface area contributed by atoms with E-state index in [1.54, 1.807) is 6.08 Å². The number of thioether (sulfide) groups is 1. The smallest absolute Gasteiger partial charge is 0.294 e. The SMILES string of the molecule is C=CCn1c(SCC(=O)Nc2ccc(Cl)cc2[N+](=O)[O-])nc2sc3c(c2c1=O)CCC3. The van der Waals surface area contributed by atoms with E-state index in [0.29, 0.717) is 15.4 Å². The molecular weight excluding hydrogens is 460 g/mol. The first-order chi connectivity index (χ1) is 14.9. The van der Waals surface area contributed by atoms with Crippen LogP contribution < -0.4 is 10.9 Å². The molecule has 2 aromatic heterocycles. The van der Waals surface area contributed by atoms with Crippen LogP contribution in [0.25, 0.3) is 10.2 Å². The van der Waals surface area contributed by atoms with Gasteiger partial charge < -0.3 is 5.32 Å². The summed E-state index contributed by atoms with van der Waals surface area (Å²) in [5.74, 6) is -0.524. The second kappa shape index (κ2) is 8.81. The molecule has 8 nitrogen and oxygen atoms in total. The normalized spacial score (nSPS) is 12.7. The van der Waals surface area contributed by atoms with Crippen LogP contribution in [0, 0.1) is 10.1 Å². The fourth-order valence-corrected chi connectivity index (χ4v) is 5.81. The van der Waals surface area contributed by atoms with Crippen molar-refractivity contribution in [2.24, 2.45) is 0 Å². The van der Waals surface area contributed by atoms with Crippen molar-refractivity contribution in [2.75, 3.05) is 11.1 Å². The zero-order valence-electron chi connectivity index (χ0n) is 16.2. The fourth-order valence-electron chi connectivity index (χ4n) is 3.54. The molecule has 0 unspecified atom stereocenters. The lowest BCUT2D eigenvalue weighted by molar-refractivity contribution is -0.383. The van der Waals surface area contributed by atoms with Crippen LogP contribution in [0.2, 0.25) is 5.02 Å². The number of aryl methyl sites for hydroxylation is 2. The molecular formula is C20H17ClN4O4S2. The maximum atomic E-state index is 13.1. The van der Waals surface area contributed by atoms with E-state index in [1.807, 2.05) is 0 Å². The summed E-state index contributed by atoms with van der Waals surface area (Å²) in [6, 6.07) is 4.02. The monoisotopic (exact) mass is 476 g/mol. The van der Waals surface area contributed by atoms with Gasteiger partial charge in [0.05, 0.1) is 16.1 Å². The highest BCUT2D eigenvalue weighted by Gasteiger charge is 2.23. The van der Waals surface area contributed by atoms with Gasteiger partial charge in [-0.3, -0.25) is 24.3 Å². The summed E-state index contributed by atoms with van der Waals surface area (Å²) < 4.78 is 1.52. The molecule has 0 atom stereocenters. The third-order valence-corrected chi connectivity index (χ3v) is 7.26. The van der Waals surface area contributed by atoms with Crippen LogP contribution in [0.3, 0.4) is 0 Å². The molecule has 1 N–H and O–H groups in total. The topological polar surface area (TPSA) is 107 Å². The largest absolute Gasteiger partial charge is 0.320 e. The zero-order valence-corrected chi connectivity index (χ0v) is 18.6. The summed E-state index contributed by atoms with van der Waals surface area (Å²) >= 11 is 8.44. The van der Waals surface area contributed by atoms with Gasteiger partial charge in [-0.15, -0.1) is 17.9 Å². The number of allylic oxidation sites excluding steroid dienone is 1. The average Bonchev–Trinajstić information content (AvgIpc) is 3.31. The van der Waals surface area contributed by atoms with Crippen LogP contribution >= 0.6 is 34.7 Å². The standard InChI is InChI=1S/C20H17ClN4O4S2/c1-2-8-24-19(27)17-12-4-3-5-15(12)31-18(17)23-20(24)30-10-16(26)22-13-7-6-11(21)9-14(13)25(28)29/h2,6-7,9H,1,3-5,8,10H2,(H,22,26). The zero-order chi connectivity index (χ0) is 22.1. The number of hydrogen-bond acceptors (Lipinski definition) is 7. The third kappa shape index (κ3) is 4.23. The van der Waals surface area contributed by atoms with Crippen LogP contribution in [-0.2, 0) is 24.2 Å². The highest BCUT2D eigenvalue weighted by molar-refractivity contribution is 7.99. The van der Waals surface area contributed by atoms with E-state index in [-0.39, 0.29) is 34.3 Å². The van der Waals surface area contributed by atoms with Crippen molar-refractivity contribution in [3.63, 3.8) is 0 Å². The third-order valence-electron chi connectivity index (χ3n) is 4.86. The van der Waals surface area contributed by atoms with Crippen molar-refractivity contribution >= 4 is 62.2 Å². The number of carbonyl (C=O) groups is 1. The Labute approximate surface area is 190 Å². The van der Waals surface area contributed by atoms with Gasteiger partial charge in [-0.05, 0) is 37.0 Å². The van der Waals surface area contributed by atoms with Crippen molar-refractivity contribution in [1.29, 1.82) is 0 Å². The molecule has 1 amide bonds. The number of amides is 1. The van der Waals surface area contributed by atoms with Gasteiger partial charge in [-0.2, -0.15) is 0 Å². The number of nitro groups is 1.